The largest absolute Gasteiger partial charge is 0.411 e. The number of primary sulfonamides is 1. The molecule has 7 nitrogen and oxygen atoms in total. The highest BCUT2D eigenvalue weighted by Crippen LogP contribution is 2.16. The second-order valence-corrected chi connectivity index (χ2v) is 7.96. The lowest BCUT2D eigenvalue weighted by Crippen LogP contribution is -2.36. The van der Waals surface area contributed by atoms with Gasteiger partial charge >= 0.3 is 6.18 Å². The second kappa shape index (κ2) is 12.2. The predicted octanol–water partition coefficient (Wildman–Crippen LogP) is 2.90. The van der Waals surface area contributed by atoms with Crippen LogP contribution in [0.4, 0.5) is 13.2 Å². The molecule has 0 saturated carbocycles. The minimum Gasteiger partial charge on any atom is -0.367 e. The number of hydrogen-bond acceptors (Lipinski definition) is 4. The average Bonchev–Trinajstić information content (AvgIpc) is 2.68. The molecule has 0 aliphatic heterocycles. The molecule has 0 aliphatic rings. The van der Waals surface area contributed by atoms with E-state index in [0.29, 0.717) is 30.2 Å². The Hall–Kier alpha value is -1.90. The monoisotopic (exact) mass is 572 g/mol. The van der Waals surface area contributed by atoms with E-state index >= 15 is 0 Å². The standard InChI is InChI=1S/C19H23F3N4O3S.HI/c1-24-18(26-11-16-3-2-4-17(9-16)30(23,27)28)25-10-14-5-7-15(8-6-14)12-29-13-19(20,21)22;/h2-9H,10-13H2,1H3,(H2,23,27,28)(H2,24,25,26);1H. The van der Waals surface area contributed by atoms with Crippen molar-refractivity contribution in [2.24, 2.45) is 10.1 Å². The first-order valence-electron chi connectivity index (χ1n) is 8.85. The Labute approximate surface area is 196 Å². The van der Waals surface area contributed by atoms with Gasteiger partial charge in [-0.15, -0.1) is 24.0 Å². The van der Waals surface area contributed by atoms with Crippen LogP contribution in [0.5, 0.6) is 0 Å². The van der Waals surface area contributed by atoms with Gasteiger partial charge in [-0.25, -0.2) is 13.6 Å². The van der Waals surface area contributed by atoms with E-state index in [1.807, 2.05) is 0 Å². The number of halogens is 4. The average molecular weight is 572 g/mol. The van der Waals surface area contributed by atoms with Crippen molar-refractivity contribution in [1.82, 2.24) is 10.6 Å². The summed E-state index contributed by atoms with van der Waals surface area (Å²) in [6.07, 6.45) is -4.34. The third kappa shape index (κ3) is 10.3. The molecule has 0 aromatic heterocycles. The van der Waals surface area contributed by atoms with Crippen molar-refractivity contribution < 1.29 is 26.3 Å². The van der Waals surface area contributed by atoms with Gasteiger partial charge in [0.15, 0.2) is 5.96 Å². The van der Waals surface area contributed by atoms with Gasteiger partial charge in [0.1, 0.15) is 6.61 Å². The quantitative estimate of drug-likeness (QED) is 0.257. The maximum atomic E-state index is 12.1. The van der Waals surface area contributed by atoms with Crippen LogP contribution in [0.1, 0.15) is 16.7 Å². The van der Waals surface area contributed by atoms with Gasteiger partial charge in [0.2, 0.25) is 10.0 Å². The number of sulfonamides is 1. The molecule has 31 heavy (non-hydrogen) atoms. The van der Waals surface area contributed by atoms with Crippen LogP contribution in [0.2, 0.25) is 0 Å². The van der Waals surface area contributed by atoms with Gasteiger partial charge in [-0.2, -0.15) is 13.2 Å². The lowest BCUT2D eigenvalue weighted by Gasteiger charge is -2.13. The summed E-state index contributed by atoms with van der Waals surface area (Å²) in [5, 5.41) is 11.3. The Morgan fingerprint density at radius 2 is 1.61 bits per heavy atom. The number of aliphatic imine (C=N–C) groups is 1. The highest BCUT2D eigenvalue weighted by Gasteiger charge is 2.27. The first kappa shape index (κ1) is 27.1. The van der Waals surface area contributed by atoms with Crippen LogP contribution >= 0.6 is 24.0 Å². The Kier molecular flexibility index (Phi) is 10.7. The first-order chi connectivity index (χ1) is 14.1. The van der Waals surface area contributed by atoms with Crippen molar-refractivity contribution in [3.63, 3.8) is 0 Å². The van der Waals surface area contributed by atoms with Gasteiger partial charge in [-0.1, -0.05) is 36.4 Å². The van der Waals surface area contributed by atoms with Crippen molar-refractivity contribution in [3.8, 4) is 0 Å². The van der Waals surface area contributed by atoms with E-state index in [0.717, 1.165) is 5.56 Å². The van der Waals surface area contributed by atoms with Crippen molar-refractivity contribution in [2.45, 2.75) is 30.8 Å². The molecular weight excluding hydrogens is 548 g/mol. The van der Waals surface area contributed by atoms with E-state index in [1.54, 1.807) is 43.4 Å². The van der Waals surface area contributed by atoms with E-state index < -0.39 is 22.8 Å². The lowest BCUT2D eigenvalue weighted by atomic mass is 10.1. The van der Waals surface area contributed by atoms with Crippen LogP contribution in [0, 0.1) is 0 Å². The fourth-order valence-corrected chi connectivity index (χ4v) is 3.05. The zero-order valence-corrected chi connectivity index (χ0v) is 19.8. The number of nitrogens with two attached hydrogens (primary N) is 1. The molecule has 0 radical (unpaired) electrons. The maximum Gasteiger partial charge on any atom is 0.411 e. The summed E-state index contributed by atoms with van der Waals surface area (Å²) >= 11 is 0. The lowest BCUT2D eigenvalue weighted by molar-refractivity contribution is -0.176. The van der Waals surface area contributed by atoms with Crippen LogP contribution in [0.15, 0.2) is 58.4 Å². The summed E-state index contributed by atoms with van der Waals surface area (Å²) in [7, 11) is -2.18. The molecule has 0 atom stereocenters. The zero-order chi connectivity index (χ0) is 22.2. The molecule has 0 bridgehead atoms. The number of nitrogens with one attached hydrogen (secondary N) is 2. The third-order valence-corrected chi connectivity index (χ3v) is 4.84. The van der Waals surface area contributed by atoms with Crippen molar-refractivity contribution in [3.05, 3.63) is 65.2 Å². The molecular formula is C19H24F3IN4O3S. The highest BCUT2D eigenvalue weighted by atomic mass is 127. The van der Waals surface area contributed by atoms with Crippen LogP contribution in [0.3, 0.4) is 0 Å². The highest BCUT2D eigenvalue weighted by molar-refractivity contribution is 14.0. The fraction of sp³-hybridized carbons (Fsp3) is 0.316. The molecule has 2 aromatic carbocycles. The summed E-state index contributed by atoms with van der Waals surface area (Å²) in [6.45, 7) is -0.633. The van der Waals surface area contributed by atoms with Crippen molar-refractivity contribution in [1.29, 1.82) is 0 Å². The molecule has 172 valence electrons. The zero-order valence-electron chi connectivity index (χ0n) is 16.6. The second-order valence-electron chi connectivity index (χ2n) is 6.40. The molecule has 2 aromatic rings. The summed E-state index contributed by atoms with van der Waals surface area (Å²) in [4.78, 5) is 4.13. The summed E-state index contributed by atoms with van der Waals surface area (Å²) in [5.41, 5.74) is 2.25. The Morgan fingerprint density at radius 3 is 2.16 bits per heavy atom. The van der Waals surface area contributed by atoms with E-state index in [1.165, 1.54) is 12.1 Å². The molecule has 0 heterocycles. The number of benzene rings is 2. The number of rotatable bonds is 8. The van der Waals surface area contributed by atoms with E-state index in [2.05, 4.69) is 20.4 Å². The molecule has 0 unspecified atom stereocenters. The Morgan fingerprint density at radius 1 is 1.03 bits per heavy atom. The summed E-state index contributed by atoms with van der Waals surface area (Å²) < 4.78 is 63.8. The predicted molar refractivity (Wildman–Crippen MR) is 122 cm³/mol. The van der Waals surface area contributed by atoms with Gasteiger partial charge in [-0.3, -0.25) is 4.99 Å². The molecule has 0 spiro atoms. The molecule has 2 rings (SSSR count). The Bertz CT molecular complexity index is 968. The fourth-order valence-electron chi connectivity index (χ4n) is 2.46. The summed E-state index contributed by atoms with van der Waals surface area (Å²) in [5.74, 6) is 0.494. The van der Waals surface area contributed by atoms with Crippen LogP contribution < -0.4 is 15.8 Å². The third-order valence-electron chi connectivity index (χ3n) is 3.93. The van der Waals surface area contributed by atoms with E-state index in [4.69, 9.17) is 5.14 Å². The topological polar surface area (TPSA) is 106 Å². The minimum absolute atomic E-state index is 0. The van der Waals surface area contributed by atoms with Gasteiger partial charge in [0, 0.05) is 20.1 Å². The van der Waals surface area contributed by atoms with Gasteiger partial charge in [0.05, 0.1) is 11.5 Å². The molecule has 0 aliphatic carbocycles. The van der Waals surface area contributed by atoms with E-state index in [9.17, 15) is 21.6 Å². The maximum absolute atomic E-state index is 12.1. The van der Waals surface area contributed by atoms with Crippen LogP contribution in [0.25, 0.3) is 0 Å². The molecule has 12 heteroatoms. The van der Waals surface area contributed by atoms with E-state index in [-0.39, 0.29) is 35.5 Å². The Balaban J connectivity index is 0.00000480. The van der Waals surface area contributed by atoms with Gasteiger partial charge < -0.3 is 15.4 Å². The number of guanidine groups is 1. The molecule has 0 fully saturated rings. The number of alkyl halides is 3. The number of hydrogen-bond donors (Lipinski definition) is 3. The molecule has 4 N–H and O–H groups in total. The van der Waals surface area contributed by atoms with Crippen LogP contribution in [-0.4, -0.2) is 34.2 Å². The summed E-state index contributed by atoms with van der Waals surface area (Å²) in [6, 6.07) is 13.2. The molecule has 0 saturated heterocycles. The van der Waals surface area contributed by atoms with Crippen molar-refractivity contribution in [2.75, 3.05) is 13.7 Å². The number of ether oxygens (including phenoxy) is 1. The number of nitrogens with zero attached hydrogens (tertiary/aromatic N) is 1. The van der Waals surface area contributed by atoms with Crippen LogP contribution in [-0.2, 0) is 34.5 Å². The normalized spacial score (nSPS) is 12.2. The molecule has 0 amide bonds. The van der Waals surface area contributed by atoms with Crippen molar-refractivity contribution >= 4 is 40.0 Å². The van der Waals surface area contributed by atoms with Gasteiger partial charge in [0.25, 0.3) is 0 Å². The minimum atomic E-state index is -4.34. The smallest absolute Gasteiger partial charge is 0.367 e. The van der Waals surface area contributed by atoms with Gasteiger partial charge in [-0.05, 0) is 28.8 Å². The SMILES string of the molecule is CN=C(NCc1ccc(COCC(F)(F)F)cc1)NCc1cccc(S(N)(=O)=O)c1.I. The first-order valence-corrected chi connectivity index (χ1v) is 10.4.